The average molecular weight is 295 g/mol. The van der Waals surface area contributed by atoms with Crippen LogP contribution in [-0.4, -0.2) is 27.8 Å². The van der Waals surface area contributed by atoms with E-state index in [1.807, 2.05) is 6.92 Å². The van der Waals surface area contributed by atoms with E-state index in [-0.39, 0.29) is 18.6 Å². The number of hydrogen-bond acceptors (Lipinski definition) is 3. The van der Waals surface area contributed by atoms with Crippen molar-refractivity contribution in [1.82, 2.24) is 0 Å². The zero-order chi connectivity index (χ0) is 9.90. The second-order valence-corrected chi connectivity index (χ2v) is 4.49. The summed E-state index contributed by atoms with van der Waals surface area (Å²) in [6.45, 7) is 1.81. The van der Waals surface area contributed by atoms with Gasteiger partial charge in [-0.1, -0.05) is 22.6 Å². The lowest BCUT2D eigenvalue weighted by Gasteiger charge is -2.28. The van der Waals surface area contributed by atoms with E-state index < -0.39 is 5.60 Å². The molecular weight excluding hydrogens is 281 g/mol. The Bertz CT molecular complexity index is 216. The Hall–Kier alpha value is 0.140. The summed E-state index contributed by atoms with van der Waals surface area (Å²) in [7, 11) is 0. The van der Waals surface area contributed by atoms with E-state index in [0.717, 1.165) is 17.3 Å². The molecule has 0 unspecified atom stereocenters. The van der Waals surface area contributed by atoms with Crippen LogP contribution in [0.1, 0.15) is 19.8 Å². The summed E-state index contributed by atoms with van der Waals surface area (Å²) in [5.74, 6) is -0.388. The number of ether oxygens (including phenoxy) is 1. The molecule has 13 heavy (non-hydrogen) atoms. The molecule has 74 valence electrons. The molecule has 1 aliphatic rings. The van der Waals surface area contributed by atoms with E-state index in [9.17, 15) is 0 Å². The monoisotopic (exact) mass is 295 g/mol. The highest BCUT2D eigenvalue weighted by Gasteiger charge is 2.42. The lowest BCUT2D eigenvalue weighted by molar-refractivity contribution is -0.0555. The minimum atomic E-state index is -0.431. The number of halogens is 1. The number of nitrogens with zero attached hydrogens (tertiary/aromatic N) is 1. The molecule has 0 spiro atoms. The summed E-state index contributed by atoms with van der Waals surface area (Å²) < 4.78 is 6.71. The smallest absolute Gasteiger partial charge is 0.0981 e. The molecule has 0 aromatic rings. The van der Waals surface area contributed by atoms with Crippen LogP contribution in [0.25, 0.3) is 0 Å². The minimum Gasteiger partial charge on any atom is -0.395 e. The van der Waals surface area contributed by atoms with Gasteiger partial charge < -0.3 is 9.84 Å². The second-order valence-electron chi connectivity index (χ2n) is 3.61. The predicted octanol–water partition coefficient (Wildman–Crippen LogP) is 1.49. The van der Waals surface area contributed by atoms with Crippen LogP contribution in [0.2, 0.25) is 0 Å². The molecule has 0 aliphatic carbocycles. The lowest BCUT2D eigenvalue weighted by Crippen LogP contribution is -2.36. The van der Waals surface area contributed by atoms with Crippen LogP contribution in [0.15, 0.2) is 0 Å². The molecule has 0 amide bonds. The van der Waals surface area contributed by atoms with Crippen LogP contribution in [-0.2, 0) is 4.74 Å². The molecule has 1 heterocycles. The maximum Gasteiger partial charge on any atom is 0.0981 e. The number of aliphatic hydroxyl groups is 1. The molecule has 3 nitrogen and oxygen atoms in total. The number of alkyl halides is 1. The Balaban J connectivity index is 2.63. The van der Waals surface area contributed by atoms with E-state index in [1.165, 1.54) is 0 Å². The molecule has 1 fully saturated rings. The number of rotatable bonds is 3. The van der Waals surface area contributed by atoms with E-state index >= 15 is 0 Å². The van der Waals surface area contributed by atoms with Crippen molar-refractivity contribution < 1.29 is 9.84 Å². The SMILES string of the molecule is C[C@@]1([C@@H](C#N)CO)CC[C@@H](CI)O1. The van der Waals surface area contributed by atoms with Crippen molar-refractivity contribution in [2.24, 2.45) is 5.92 Å². The molecule has 1 aliphatic heterocycles. The van der Waals surface area contributed by atoms with Gasteiger partial charge in [0.15, 0.2) is 0 Å². The fraction of sp³-hybridized carbons (Fsp3) is 0.889. The molecule has 1 rings (SSSR count). The third kappa shape index (κ3) is 2.33. The molecule has 0 radical (unpaired) electrons. The van der Waals surface area contributed by atoms with Gasteiger partial charge in [0.2, 0.25) is 0 Å². The van der Waals surface area contributed by atoms with Crippen molar-refractivity contribution in [3.05, 3.63) is 0 Å². The summed E-state index contributed by atoms with van der Waals surface area (Å²) in [4.78, 5) is 0. The molecular formula is C9H14INO2. The first-order valence-corrected chi connectivity index (χ1v) is 5.93. The number of nitriles is 1. The largest absolute Gasteiger partial charge is 0.395 e. The van der Waals surface area contributed by atoms with Crippen LogP contribution in [0.4, 0.5) is 0 Å². The Labute approximate surface area is 92.2 Å². The maximum absolute atomic E-state index is 9.01. The Morgan fingerprint density at radius 1 is 1.85 bits per heavy atom. The summed E-state index contributed by atoms with van der Waals surface area (Å²) in [5, 5.41) is 17.8. The third-order valence-corrected chi connectivity index (χ3v) is 3.63. The van der Waals surface area contributed by atoms with E-state index in [2.05, 4.69) is 28.7 Å². The molecule has 1 saturated heterocycles. The fourth-order valence-electron chi connectivity index (χ4n) is 1.68. The van der Waals surface area contributed by atoms with E-state index in [4.69, 9.17) is 15.1 Å². The first-order valence-electron chi connectivity index (χ1n) is 4.40. The molecule has 0 aromatic carbocycles. The number of aliphatic hydroxyl groups excluding tert-OH is 1. The number of hydrogen-bond donors (Lipinski definition) is 1. The quantitative estimate of drug-likeness (QED) is 0.634. The van der Waals surface area contributed by atoms with Crippen molar-refractivity contribution in [2.75, 3.05) is 11.0 Å². The molecule has 0 saturated carbocycles. The maximum atomic E-state index is 9.01. The topological polar surface area (TPSA) is 53.2 Å². The van der Waals surface area contributed by atoms with Gasteiger partial charge in [-0.2, -0.15) is 5.26 Å². The van der Waals surface area contributed by atoms with Crippen molar-refractivity contribution in [2.45, 2.75) is 31.5 Å². The van der Waals surface area contributed by atoms with E-state index in [0.29, 0.717) is 0 Å². The van der Waals surface area contributed by atoms with Gasteiger partial charge in [0.25, 0.3) is 0 Å². The zero-order valence-corrected chi connectivity index (χ0v) is 9.82. The normalized spacial score (nSPS) is 35.7. The molecule has 1 N–H and O–H groups in total. The van der Waals surface area contributed by atoms with Crippen molar-refractivity contribution in [1.29, 1.82) is 5.26 Å². The van der Waals surface area contributed by atoms with Crippen molar-refractivity contribution in [3.8, 4) is 6.07 Å². The third-order valence-electron chi connectivity index (χ3n) is 2.65. The lowest BCUT2D eigenvalue weighted by atomic mass is 9.88. The summed E-state index contributed by atoms with van der Waals surface area (Å²) in [6.07, 6.45) is 2.13. The van der Waals surface area contributed by atoms with Crippen LogP contribution in [0.3, 0.4) is 0 Å². The summed E-state index contributed by atoms with van der Waals surface area (Å²) in [6, 6.07) is 2.10. The average Bonchev–Trinajstić information content (AvgIpc) is 2.50. The summed E-state index contributed by atoms with van der Waals surface area (Å²) >= 11 is 2.28. The van der Waals surface area contributed by atoms with Gasteiger partial charge >= 0.3 is 0 Å². The van der Waals surface area contributed by atoms with Crippen LogP contribution < -0.4 is 0 Å². The van der Waals surface area contributed by atoms with Gasteiger partial charge in [-0.25, -0.2) is 0 Å². The predicted molar refractivity (Wildman–Crippen MR) is 57.6 cm³/mol. The highest BCUT2D eigenvalue weighted by atomic mass is 127. The standard InChI is InChI=1S/C9H14INO2/c1-9(7(5-11)6-12)3-2-8(4-10)13-9/h7-8,12H,2-4,6H2,1H3/t7-,8-,9-/m0/s1. The van der Waals surface area contributed by atoms with Gasteiger partial charge in [-0.15, -0.1) is 0 Å². The minimum absolute atomic E-state index is 0.110. The van der Waals surface area contributed by atoms with Gasteiger partial charge in [-0.3, -0.25) is 0 Å². The highest BCUT2D eigenvalue weighted by Crippen LogP contribution is 2.36. The zero-order valence-electron chi connectivity index (χ0n) is 7.66. The van der Waals surface area contributed by atoms with E-state index in [1.54, 1.807) is 0 Å². The molecule has 3 atom stereocenters. The summed E-state index contributed by atoms with van der Waals surface area (Å²) in [5.41, 5.74) is -0.431. The highest BCUT2D eigenvalue weighted by molar-refractivity contribution is 14.1. The van der Waals surface area contributed by atoms with Gasteiger partial charge in [0, 0.05) is 4.43 Å². The molecule has 0 bridgehead atoms. The first kappa shape index (κ1) is 11.2. The van der Waals surface area contributed by atoms with Gasteiger partial charge in [-0.05, 0) is 19.8 Å². The second kappa shape index (κ2) is 4.58. The van der Waals surface area contributed by atoms with Gasteiger partial charge in [0.05, 0.1) is 30.3 Å². The fourth-order valence-corrected chi connectivity index (χ4v) is 2.30. The molecule has 0 aromatic heterocycles. The Morgan fingerprint density at radius 2 is 2.54 bits per heavy atom. The van der Waals surface area contributed by atoms with Crippen LogP contribution >= 0.6 is 22.6 Å². The van der Waals surface area contributed by atoms with Crippen LogP contribution in [0.5, 0.6) is 0 Å². The van der Waals surface area contributed by atoms with Crippen LogP contribution in [0, 0.1) is 17.2 Å². The van der Waals surface area contributed by atoms with Crippen molar-refractivity contribution in [3.63, 3.8) is 0 Å². The molecule has 4 heteroatoms. The Morgan fingerprint density at radius 3 is 2.92 bits per heavy atom. The first-order chi connectivity index (χ1) is 6.16. The van der Waals surface area contributed by atoms with Gasteiger partial charge in [0.1, 0.15) is 0 Å². The van der Waals surface area contributed by atoms with Crippen molar-refractivity contribution >= 4 is 22.6 Å². The Kier molecular flexibility index (Phi) is 3.95.